The molecule has 3 rings (SSSR count). The molecule has 0 aromatic heterocycles. The number of hydrogen-bond donors (Lipinski definition) is 1. The quantitative estimate of drug-likeness (QED) is 0.844. The lowest BCUT2D eigenvalue weighted by Crippen LogP contribution is -2.17. The molecule has 1 N–H and O–H groups in total. The van der Waals surface area contributed by atoms with Gasteiger partial charge in [-0.2, -0.15) is 5.06 Å². The van der Waals surface area contributed by atoms with Crippen LogP contribution in [0, 0.1) is 0 Å². The Bertz CT molecular complexity index is 696. The van der Waals surface area contributed by atoms with E-state index in [9.17, 15) is 10.0 Å². The van der Waals surface area contributed by atoms with Crippen LogP contribution in [-0.4, -0.2) is 16.1 Å². The van der Waals surface area contributed by atoms with Gasteiger partial charge in [0.05, 0.1) is 11.3 Å². The molecule has 1 aliphatic carbocycles. The van der Waals surface area contributed by atoms with Crippen molar-refractivity contribution in [1.29, 1.82) is 0 Å². The van der Waals surface area contributed by atoms with E-state index < -0.39 is 0 Å². The topological polar surface area (TPSA) is 49.8 Å². The maximum Gasteiger partial charge on any atom is 0.235 e. The first kappa shape index (κ1) is 13.4. The van der Waals surface area contributed by atoms with Crippen molar-refractivity contribution in [3.8, 4) is 0 Å². The molecule has 0 radical (unpaired) electrons. The Balaban J connectivity index is 2.05. The number of rotatable bonds is 2. The van der Waals surface area contributed by atoms with Gasteiger partial charge in [0.2, 0.25) is 5.88 Å². The van der Waals surface area contributed by atoms with E-state index in [1.807, 2.05) is 37.3 Å². The fourth-order valence-electron chi connectivity index (χ4n) is 2.36. The van der Waals surface area contributed by atoms with Crippen molar-refractivity contribution in [2.24, 2.45) is 0 Å². The second-order valence-corrected chi connectivity index (χ2v) is 4.71. The second-order valence-electron chi connectivity index (χ2n) is 4.71. The zero-order chi connectivity index (χ0) is 14.8. The lowest BCUT2D eigenvalue weighted by Gasteiger charge is -2.14. The lowest BCUT2D eigenvalue weighted by atomic mass is 10.1. The molecule has 0 atom stereocenters. The maximum absolute atomic E-state index is 11.9. The largest absolute Gasteiger partial charge is 0.435 e. The SMILES string of the molecule is CCC1=C(c2ccccc2)O/C(=C2\C=CC=CC2=O)N1O. The minimum Gasteiger partial charge on any atom is -0.435 e. The predicted octanol–water partition coefficient (Wildman–Crippen LogP) is 3.39. The van der Waals surface area contributed by atoms with Crippen LogP contribution in [0.4, 0.5) is 0 Å². The van der Waals surface area contributed by atoms with Gasteiger partial charge in [-0.15, -0.1) is 0 Å². The first-order chi connectivity index (χ1) is 10.2. The van der Waals surface area contributed by atoms with Gasteiger partial charge in [-0.1, -0.05) is 49.4 Å². The second kappa shape index (κ2) is 5.42. The summed E-state index contributed by atoms with van der Waals surface area (Å²) in [6, 6.07) is 9.54. The van der Waals surface area contributed by atoms with Gasteiger partial charge in [0.15, 0.2) is 11.5 Å². The third kappa shape index (κ3) is 2.30. The van der Waals surface area contributed by atoms with Gasteiger partial charge in [0.25, 0.3) is 0 Å². The normalized spacial score (nSPS) is 21.2. The summed E-state index contributed by atoms with van der Waals surface area (Å²) in [5, 5.41) is 11.3. The molecule has 21 heavy (non-hydrogen) atoms. The third-order valence-electron chi connectivity index (χ3n) is 3.40. The average molecular weight is 281 g/mol. The summed E-state index contributed by atoms with van der Waals surface area (Å²) in [5.41, 5.74) is 1.85. The van der Waals surface area contributed by atoms with Gasteiger partial charge in [-0.3, -0.25) is 10.0 Å². The number of benzene rings is 1. The molecule has 0 bridgehead atoms. The van der Waals surface area contributed by atoms with Crippen molar-refractivity contribution < 1.29 is 14.7 Å². The number of ether oxygens (including phenoxy) is 1. The molecule has 0 amide bonds. The summed E-state index contributed by atoms with van der Waals surface area (Å²) in [5.74, 6) is 0.562. The first-order valence-electron chi connectivity index (χ1n) is 6.81. The van der Waals surface area contributed by atoms with Crippen LogP contribution in [0.1, 0.15) is 18.9 Å². The Kier molecular flexibility index (Phi) is 3.46. The molecule has 0 saturated carbocycles. The standard InChI is InChI=1S/C17H15NO3/c1-2-14-16(12-8-4-3-5-9-12)21-17(18(14)20)13-10-6-7-11-15(13)19/h3-11,20H,2H2,1H3/b17-13+. The van der Waals surface area contributed by atoms with E-state index in [1.165, 1.54) is 6.08 Å². The van der Waals surface area contributed by atoms with Crippen molar-refractivity contribution in [2.45, 2.75) is 13.3 Å². The van der Waals surface area contributed by atoms with E-state index in [-0.39, 0.29) is 11.7 Å². The monoisotopic (exact) mass is 281 g/mol. The van der Waals surface area contributed by atoms with Crippen molar-refractivity contribution in [3.63, 3.8) is 0 Å². The van der Waals surface area contributed by atoms with E-state index in [0.717, 1.165) is 10.6 Å². The Morgan fingerprint density at radius 2 is 1.86 bits per heavy atom. The summed E-state index contributed by atoms with van der Waals surface area (Å²) in [4.78, 5) is 11.9. The van der Waals surface area contributed by atoms with Crippen LogP contribution in [-0.2, 0) is 9.53 Å². The molecule has 1 aliphatic heterocycles. The number of ketones is 1. The Morgan fingerprint density at radius 3 is 2.52 bits per heavy atom. The predicted molar refractivity (Wildman–Crippen MR) is 78.7 cm³/mol. The number of carbonyl (C=O) groups excluding carboxylic acids is 1. The highest BCUT2D eigenvalue weighted by Gasteiger charge is 2.32. The molecular formula is C17H15NO3. The molecule has 1 heterocycles. The van der Waals surface area contributed by atoms with Gasteiger partial charge in [-0.25, -0.2) is 0 Å². The minimum absolute atomic E-state index is 0.163. The average Bonchev–Trinajstić information content (AvgIpc) is 2.85. The smallest absolute Gasteiger partial charge is 0.235 e. The molecule has 0 fully saturated rings. The molecule has 0 unspecified atom stereocenters. The van der Waals surface area contributed by atoms with Crippen molar-refractivity contribution in [3.05, 3.63) is 77.4 Å². The van der Waals surface area contributed by atoms with E-state index >= 15 is 0 Å². The highest BCUT2D eigenvalue weighted by molar-refractivity contribution is 6.07. The van der Waals surface area contributed by atoms with Gasteiger partial charge >= 0.3 is 0 Å². The molecular weight excluding hydrogens is 266 g/mol. The summed E-state index contributed by atoms with van der Waals surface area (Å²) in [7, 11) is 0. The maximum atomic E-state index is 11.9. The molecule has 1 aromatic rings. The van der Waals surface area contributed by atoms with Crippen LogP contribution < -0.4 is 0 Å². The molecule has 1 aromatic carbocycles. The number of hydroxylamine groups is 2. The third-order valence-corrected chi connectivity index (χ3v) is 3.40. The zero-order valence-corrected chi connectivity index (χ0v) is 11.6. The molecule has 106 valence electrons. The molecule has 2 aliphatic rings. The van der Waals surface area contributed by atoms with E-state index in [2.05, 4.69) is 0 Å². The van der Waals surface area contributed by atoms with E-state index in [4.69, 9.17) is 4.74 Å². The van der Waals surface area contributed by atoms with Crippen LogP contribution in [0.25, 0.3) is 5.76 Å². The number of allylic oxidation sites excluding steroid dienone is 6. The van der Waals surface area contributed by atoms with Gasteiger partial charge in [0, 0.05) is 5.56 Å². The van der Waals surface area contributed by atoms with Crippen LogP contribution in [0.15, 0.2) is 71.8 Å². The van der Waals surface area contributed by atoms with Crippen molar-refractivity contribution >= 4 is 11.5 Å². The lowest BCUT2D eigenvalue weighted by molar-refractivity contribution is -0.112. The van der Waals surface area contributed by atoms with Crippen molar-refractivity contribution in [1.82, 2.24) is 5.06 Å². The zero-order valence-electron chi connectivity index (χ0n) is 11.6. The minimum atomic E-state index is -0.184. The fraction of sp³-hybridized carbons (Fsp3) is 0.118. The molecule has 4 nitrogen and oxygen atoms in total. The molecule has 0 spiro atoms. The molecule has 4 heteroatoms. The van der Waals surface area contributed by atoms with Crippen LogP contribution in [0.3, 0.4) is 0 Å². The highest BCUT2D eigenvalue weighted by Crippen LogP contribution is 2.37. The number of carbonyl (C=O) groups is 1. The van der Waals surface area contributed by atoms with Gasteiger partial charge in [0.1, 0.15) is 0 Å². The van der Waals surface area contributed by atoms with Crippen LogP contribution in [0.5, 0.6) is 0 Å². The van der Waals surface area contributed by atoms with Crippen LogP contribution >= 0.6 is 0 Å². The van der Waals surface area contributed by atoms with Crippen LogP contribution in [0.2, 0.25) is 0 Å². The Hall–Kier alpha value is -2.59. The summed E-state index contributed by atoms with van der Waals surface area (Å²) < 4.78 is 5.80. The first-order valence-corrected chi connectivity index (χ1v) is 6.81. The molecule has 0 saturated heterocycles. The number of hydrogen-bond acceptors (Lipinski definition) is 4. The highest BCUT2D eigenvalue weighted by atomic mass is 16.6. The van der Waals surface area contributed by atoms with Gasteiger partial charge < -0.3 is 4.74 Å². The fourth-order valence-corrected chi connectivity index (χ4v) is 2.36. The summed E-state index contributed by atoms with van der Waals surface area (Å²) in [6.07, 6.45) is 7.08. The Morgan fingerprint density at radius 1 is 1.14 bits per heavy atom. The van der Waals surface area contributed by atoms with Crippen molar-refractivity contribution in [2.75, 3.05) is 0 Å². The Labute approximate surface area is 122 Å². The van der Waals surface area contributed by atoms with E-state index in [0.29, 0.717) is 23.5 Å². The summed E-state index contributed by atoms with van der Waals surface area (Å²) in [6.45, 7) is 1.93. The van der Waals surface area contributed by atoms with Gasteiger partial charge in [-0.05, 0) is 18.6 Å². The van der Waals surface area contributed by atoms with E-state index in [1.54, 1.807) is 18.2 Å². The number of nitrogens with zero attached hydrogens (tertiary/aromatic N) is 1. The summed E-state index contributed by atoms with van der Waals surface area (Å²) >= 11 is 0.